The highest BCUT2D eigenvalue weighted by Gasteiger charge is 1.88. The average Bonchev–Trinajstić information content (AvgIpc) is 2.25. The van der Waals surface area contributed by atoms with Gasteiger partial charge in [0.25, 0.3) is 0 Å². The van der Waals surface area contributed by atoms with Gasteiger partial charge >= 0.3 is 0 Å². The molecule has 15 heavy (non-hydrogen) atoms. The maximum Gasteiger partial charge on any atom is -0.0227 e. The molecule has 0 aliphatic carbocycles. The number of rotatable bonds is 6. The van der Waals surface area contributed by atoms with Crippen molar-refractivity contribution in [1.29, 1.82) is 0 Å². The zero-order chi connectivity index (χ0) is 11.9. The molecule has 0 spiro atoms. The molecular formula is C15H26. The quantitative estimate of drug-likeness (QED) is 0.408. The van der Waals surface area contributed by atoms with Crippen LogP contribution in [0.25, 0.3) is 0 Å². The average molecular weight is 206 g/mol. The third kappa shape index (κ3) is 19.4. The maximum absolute atomic E-state index is 3.55. The third-order valence-corrected chi connectivity index (χ3v) is 1.84. The second-order valence-electron chi connectivity index (χ2n) is 3.46. The number of hydrogen-bond donors (Lipinski definition) is 0. The molecule has 0 aliphatic heterocycles. The van der Waals surface area contributed by atoms with E-state index in [1.807, 2.05) is 12.2 Å². The summed E-state index contributed by atoms with van der Waals surface area (Å²) in [4.78, 5) is 0. The van der Waals surface area contributed by atoms with E-state index in [0.29, 0.717) is 5.92 Å². The van der Waals surface area contributed by atoms with Gasteiger partial charge in [-0.05, 0) is 39.0 Å². The number of allylic oxidation sites excluding steroid dienone is 6. The monoisotopic (exact) mass is 206 g/mol. The molecule has 0 aromatic carbocycles. The smallest absolute Gasteiger partial charge is 0.0227 e. The molecule has 0 rings (SSSR count). The lowest BCUT2D eigenvalue weighted by atomic mass is 10.1. The molecule has 0 N–H and O–H groups in total. The Labute approximate surface area is 96.1 Å². The molecule has 0 bridgehead atoms. The molecule has 86 valence electrons. The van der Waals surface area contributed by atoms with Crippen molar-refractivity contribution >= 4 is 0 Å². The molecule has 0 aromatic heterocycles. The Bertz CT molecular complexity index is 176. The summed E-state index contributed by atoms with van der Waals surface area (Å²) in [5, 5.41) is 0. The Kier molecular flexibility index (Phi) is 16.9. The van der Waals surface area contributed by atoms with Crippen LogP contribution < -0.4 is 0 Å². The Morgan fingerprint density at radius 1 is 1.00 bits per heavy atom. The molecular weight excluding hydrogens is 180 g/mol. The lowest BCUT2D eigenvalue weighted by molar-refractivity contribution is 0.742. The summed E-state index contributed by atoms with van der Waals surface area (Å²) in [5.74, 6) is 0.700. The van der Waals surface area contributed by atoms with E-state index in [-0.39, 0.29) is 0 Å². The van der Waals surface area contributed by atoms with Crippen molar-refractivity contribution in [2.45, 2.75) is 40.0 Å². The second-order valence-corrected chi connectivity index (χ2v) is 3.46. The van der Waals surface area contributed by atoms with Gasteiger partial charge in [-0.3, -0.25) is 0 Å². The molecule has 1 atom stereocenters. The summed E-state index contributed by atoms with van der Waals surface area (Å²) in [6, 6.07) is 0. The minimum Gasteiger partial charge on any atom is -0.103 e. The van der Waals surface area contributed by atoms with E-state index in [4.69, 9.17) is 0 Å². The first-order valence-electron chi connectivity index (χ1n) is 5.68. The molecule has 0 aliphatic rings. The summed E-state index contributed by atoms with van der Waals surface area (Å²) in [7, 11) is 0. The highest BCUT2D eigenvalue weighted by Crippen LogP contribution is 2.03. The standard InChI is InChI=1S/C9H16.C6H10/c1-4-6-8-9(3)7-5-2;1-3-5-6-4-2/h4-7,9H,8H2,1-3H3;3-4H,1-2,5-6H2. The van der Waals surface area contributed by atoms with Gasteiger partial charge in [-0.1, -0.05) is 43.4 Å². The highest BCUT2D eigenvalue weighted by molar-refractivity contribution is 4.89. The van der Waals surface area contributed by atoms with Gasteiger partial charge in [-0.25, -0.2) is 0 Å². The SMILES string of the molecule is C=CCCC=C.CC=CCC(C)C=CC. The Balaban J connectivity index is 0. The van der Waals surface area contributed by atoms with Crippen molar-refractivity contribution in [3.05, 3.63) is 49.6 Å². The van der Waals surface area contributed by atoms with Gasteiger partial charge in [0.1, 0.15) is 0 Å². The van der Waals surface area contributed by atoms with Crippen LogP contribution >= 0.6 is 0 Å². The van der Waals surface area contributed by atoms with Crippen LogP contribution in [0.2, 0.25) is 0 Å². The van der Waals surface area contributed by atoms with Crippen molar-refractivity contribution in [3.63, 3.8) is 0 Å². The fourth-order valence-corrected chi connectivity index (χ4v) is 0.994. The highest BCUT2D eigenvalue weighted by atomic mass is 13.9. The van der Waals surface area contributed by atoms with Crippen LogP contribution in [0.4, 0.5) is 0 Å². The number of hydrogen-bond acceptors (Lipinski definition) is 0. The van der Waals surface area contributed by atoms with Gasteiger partial charge in [0, 0.05) is 0 Å². The Morgan fingerprint density at radius 3 is 1.87 bits per heavy atom. The van der Waals surface area contributed by atoms with Crippen molar-refractivity contribution in [3.8, 4) is 0 Å². The molecule has 0 aromatic rings. The first-order chi connectivity index (χ1) is 7.22. The zero-order valence-electron chi connectivity index (χ0n) is 10.6. The van der Waals surface area contributed by atoms with E-state index in [9.17, 15) is 0 Å². The van der Waals surface area contributed by atoms with Crippen LogP contribution in [0, 0.1) is 5.92 Å². The van der Waals surface area contributed by atoms with Crippen LogP contribution in [0.5, 0.6) is 0 Å². The molecule has 0 heterocycles. The van der Waals surface area contributed by atoms with Gasteiger partial charge in [0.15, 0.2) is 0 Å². The largest absolute Gasteiger partial charge is 0.103 e. The summed E-state index contributed by atoms with van der Waals surface area (Å²) in [5.41, 5.74) is 0. The summed E-state index contributed by atoms with van der Waals surface area (Å²) in [6.07, 6.45) is 15.7. The Morgan fingerprint density at radius 2 is 1.53 bits per heavy atom. The van der Waals surface area contributed by atoms with Crippen molar-refractivity contribution < 1.29 is 0 Å². The first kappa shape index (κ1) is 16.4. The minimum atomic E-state index is 0.700. The van der Waals surface area contributed by atoms with E-state index in [1.165, 1.54) is 6.42 Å². The fourth-order valence-electron chi connectivity index (χ4n) is 0.994. The zero-order valence-corrected chi connectivity index (χ0v) is 10.6. The van der Waals surface area contributed by atoms with Crippen molar-refractivity contribution in [2.75, 3.05) is 0 Å². The molecule has 0 saturated carbocycles. The molecule has 0 heteroatoms. The molecule has 0 amide bonds. The van der Waals surface area contributed by atoms with Gasteiger partial charge in [-0.2, -0.15) is 0 Å². The first-order valence-corrected chi connectivity index (χ1v) is 5.68. The van der Waals surface area contributed by atoms with Crippen molar-refractivity contribution in [2.24, 2.45) is 5.92 Å². The van der Waals surface area contributed by atoms with E-state index < -0.39 is 0 Å². The van der Waals surface area contributed by atoms with E-state index in [0.717, 1.165) is 12.8 Å². The molecule has 0 radical (unpaired) electrons. The van der Waals surface area contributed by atoms with Gasteiger partial charge < -0.3 is 0 Å². The van der Waals surface area contributed by atoms with Crippen LogP contribution in [0.3, 0.4) is 0 Å². The van der Waals surface area contributed by atoms with Gasteiger partial charge in [0.05, 0.1) is 0 Å². The maximum atomic E-state index is 3.55. The molecule has 0 nitrogen and oxygen atoms in total. The van der Waals surface area contributed by atoms with E-state index in [1.54, 1.807) is 0 Å². The Hall–Kier alpha value is -1.04. The molecule has 0 saturated heterocycles. The van der Waals surface area contributed by atoms with Gasteiger partial charge in [0.2, 0.25) is 0 Å². The minimum absolute atomic E-state index is 0.700. The number of unbranched alkanes of at least 4 members (excludes halogenated alkanes) is 1. The third-order valence-electron chi connectivity index (χ3n) is 1.84. The van der Waals surface area contributed by atoms with Crippen molar-refractivity contribution in [1.82, 2.24) is 0 Å². The van der Waals surface area contributed by atoms with E-state index in [2.05, 4.69) is 58.2 Å². The van der Waals surface area contributed by atoms with Gasteiger partial charge in [-0.15, -0.1) is 13.2 Å². The van der Waals surface area contributed by atoms with E-state index >= 15 is 0 Å². The lowest BCUT2D eigenvalue weighted by Crippen LogP contribution is -1.84. The topological polar surface area (TPSA) is 0 Å². The van der Waals surface area contributed by atoms with Crippen LogP contribution in [-0.2, 0) is 0 Å². The molecule has 1 unspecified atom stereocenters. The van der Waals surface area contributed by atoms with Crippen LogP contribution in [-0.4, -0.2) is 0 Å². The molecule has 0 fully saturated rings. The summed E-state index contributed by atoms with van der Waals surface area (Å²) >= 11 is 0. The van der Waals surface area contributed by atoms with Crippen LogP contribution in [0.15, 0.2) is 49.6 Å². The lowest BCUT2D eigenvalue weighted by Gasteiger charge is -1.97. The summed E-state index contributed by atoms with van der Waals surface area (Å²) < 4.78 is 0. The summed E-state index contributed by atoms with van der Waals surface area (Å²) in [6.45, 7) is 13.4. The fraction of sp³-hybridized carbons (Fsp3) is 0.467. The normalized spacial score (nSPS) is 12.2. The van der Waals surface area contributed by atoms with Crippen LogP contribution in [0.1, 0.15) is 40.0 Å². The predicted octanol–water partition coefficient (Wildman–Crippen LogP) is 5.30. The second kappa shape index (κ2) is 15.4. The predicted molar refractivity (Wildman–Crippen MR) is 73.0 cm³/mol.